The van der Waals surface area contributed by atoms with Crippen molar-refractivity contribution in [1.82, 2.24) is 10.3 Å². The second-order valence-electron chi connectivity index (χ2n) is 6.42. The average Bonchev–Trinajstić information content (AvgIpc) is 3.20. The molecule has 1 N–H and O–H groups in total. The fraction of sp³-hybridized carbons (Fsp3) is 0.238. The maximum atomic E-state index is 13.1. The zero-order valence-corrected chi connectivity index (χ0v) is 15.9. The molecule has 0 spiro atoms. The van der Waals surface area contributed by atoms with Gasteiger partial charge in [0, 0.05) is 24.9 Å². The standard InChI is InChI=1S/C21H18F4N2O3/c1-29-16-6-3-13(4-7-16)18-12-27-20(30-18)9-8-19(28)26-11-14-2-5-15(22)10-17(14)21(23,24)25/h2-7,10,12H,8-9,11H2,1H3,(H,26,28). The van der Waals surface area contributed by atoms with Crippen molar-refractivity contribution in [1.29, 1.82) is 0 Å². The third-order valence-electron chi connectivity index (χ3n) is 4.35. The number of nitrogens with zero attached hydrogens (tertiary/aromatic N) is 1. The lowest BCUT2D eigenvalue weighted by Gasteiger charge is -2.13. The van der Waals surface area contributed by atoms with Gasteiger partial charge in [0.2, 0.25) is 5.91 Å². The van der Waals surface area contributed by atoms with E-state index >= 15 is 0 Å². The first-order valence-electron chi connectivity index (χ1n) is 8.97. The maximum Gasteiger partial charge on any atom is 0.416 e. The molecule has 0 unspecified atom stereocenters. The Labute approximate surface area is 169 Å². The number of hydrogen-bond donors (Lipinski definition) is 1. The normalized spacial score (nSPS) is 11.4. The van der Waals surface area contributed by atoms with E-state index in [0.29, 0.717) is 23.5 Å². The third kappa shape index (κ3) is 5.37. The Bertz CT molecular complexity index is 1010. The molecular weight excluding hydrogens is 404 g/mol. The second kappa shape index (κ2) is 8.98. The predicted molar refractivity (Wildman–Crippen MR) is 100 cm³/mol. The Kier molecular flexibility index (Phi) is 6.39. The number of aryl methyl sites for hydroxylation is 1. The van der Waals surface area contributed by atoms with Crippen molar-refractivity contribution in [2.45, 2.75) is 25.6 Å². The number of benzene rings is 2. The van der Waals surface area contributed by atoms with Gasteiger partial charge in [0.1, 0.15) is 11.6 Å². The van der Waals surface area contributed by atoms with E-state index in [1.54, 1.807) is 31.4 Å². The van der Waals surface area contributed by atoms with Gasteiger partial charge >= 0.3 is 6.18 Å². The first kappa shape index (κ1) is 21.4. The molecule has 5 nitrogen and oxygen atoms in total. The Hall–Kier alpha value is -3.36. The quantitative estimate of drug-likeness (QED) is 0.558. The molecule has 0 aliphatic carbocycles. The van der Waals surface area contributed by atoms with Crippen LogP contribution in [-0.2, 0) is 23.9 Å². The molecule has 30 heavy (non-hydrogen) atoms. The summed E-state index contributed by atoms with van der Waals surface area (Å²) in [6.07, 6.45) is -3.02. The van der Waals surface area contributed by atoms with Gasteiger partial charge < -0.3 is 14.5 Å². The third-order valence-corrected chi connectivity index (χ3v) is 4.35. The fourth-order valence-electron chi connectivity index (χ4n) is 2.78. The van der Waals surface area contributed by atoms with Gasteiger partial charge in [-0.05, 0) is 42.0 Å². The number of amides is 1. The van der Waals surface area contributed by atoms with Crippen LogP contribution in [0, 0.1) is 5.82 Å². The summed E-state index contributed by atoms with van der Waals surface area (Å²) >= 11 is 0. The van der Waals surface area contributed by atoms with Gasteiger partial charge in [-0.1, -0.05) is 6.07 Å². The predicted octanol–water partition coefficient (Wildman–Crippen LogP) is 4.76. The van der Waals surface area contributed by atoms with Gasteiger partial charge in [-0.2, -0.15) is 13.2 Å². The van der Waals surface area contributed by atoms with Crippen LogP contribution in [-0.4, -0.2) is 18.0 Å². The van der Waals surface area contributed by atoms with E-state index in [9.17, 15) is 22.4 Å². The molecule has 158 valence electrons. The van der Waals surface area contributed by atoms with Gasteiger partial charge in [0.05, 0.1) is 18.9 Å². The molecule has 2 aromatic carbocycles. The smallest absolute Gasteiger partial charge is 0.416 e. The highest BCUT2D eigenvalue weighted by Crippen LogP contribution is 2.32. The summed E-state index contributed by atoms with van der Waals surface area (Å²) in [6.45, 7) is -0.364. The Morgan fingerprint density at radius 2 is 1.90 bits per heavy atom. The molecule has 0 aliphatic rings. The highest BCUT2D eigenvalue weighted by Gasteiger charge is 2.33. The number of halogens is 4. The van der Waals surface area contributed by atoms with Crippen LogP contribution < -0.4 is 10.1 Å². The van der Waals surface area contributed by atoms with Crippen LogP contribution in [0.1, 0.15) is 23.4 Å². The van der Waals surface area contributed by atoms with Crippen LogP contribution in [0.3, 0.4) is 0 Å². The highest BCUT2D eigenvalue weighted by atomic mass is 19.4. The summed E-state index contributed by atoms with van der Waals surface area (Å²) < 4.78 is 62.8. The molecule has 0 radical (unpaired) electrons. The number of oxazole rings is 1. The molecule has 0 bridgehead atoms. The van der Waals surface area contributed by atoms with Crippen LogP contribution in [0.4, 0.5) is 17.6 Å². The fourth-order valence-corrected chi connectivity index (χ4v) is 2.78. The molecule has 1 amide bonds. The Morgan fingerprint density at radius 3 is 2.57 bits per heavy atom. The number of carbonyl (C=O) groups excluding carboxylic acids is 1. The number of aromatic nitrogens is 1. The van der Waals surface area contributed by atoms with E-state index in [1.807, 2.05) is 0 Å². The number of ether oxygens (including phenoxy) is 1. The van der Waals surface area contributed by atoms with Gasteiger partial charge in [-0.25, -0.2) is 9.37 Å². The van der Waals surface area contributed by atoms with Gasteiger partial charge in [-0.15, -0.1) is 0 Å². The van der Waals surface area contributed by atoms with Crippen molar-refractivity contribution in [3.63, 3.8) is 0 Å². The highest BCUT2D eigenvalue weighted by molar-refractivity contribution is 5.76. The molecule has 0 aliphatic heterocycles. The molecule has 0 saturated carbocycles. The molecule has 3 aromatic rings. The topological polar surface area (TPSA) is 64.4 Å². The lowest BCUT2D eigenvalue weighted by atomic mass is 10.1. The number of rotatable bonds is 7. The van der Waals surface area contributed by atoms with E-state index < -0.39 is 23.5 Å². The second-order valence-corrected chi connectivity index (χ2v) is 6.42. The van der Waals surface area contributed by atoms with Gasteiger partial charge in [0.25, 0.3) is 0 Å². The zero-order valence-electron chi connectivity index (χ0n) is 15.9. The zero-order chi connectivity index (χ0) is 21.7. The van der Waals surface area contributed by atoms with E-state index in [4.69, 9.17) is 9.15 Å². The van der Waals surface area contributed by atoms with E-state index in [1.165, 1.54) is 6.20 Å². The molecule has 0 fully saturated rings. The van der Waals surface area contributed by atoms with Crippen LogP contribution >= 0.6 is 0 Å². The summed E-state index contributed by atoms with van der Waals surface area (Å²) in [6, 6.07) is 9.49. The largest absolute Gasteiger partial charge is 0.497 e. The van der Waals surface area contributed by atoms with Crippen molar-refractivity contribution in [3.8, 4) is 17.1 Å². The van der Waals surface area contributed by atoms with Crippen molar-refractivity contribution in [2.24, 2.45) is 0 Å². The molecular formula is C21H18F4N2O3. The molecule has 0 atom stereocenters. The van der Waals surface area contributed by atoms with Gasteiger partial charge in [0.15, 0.2) is 11.7 Å². The molecule has 0 saturated heterocycles. The minimum Gasteiger partial charge on any atom is -0.497 e. The summed E-state index contributed by atoms with van der Waals surface area (Å²) in [4.78, 5) is 16.1. The van der Waals surface area contributed by atoms with Crippen molar-refractivity contribution in [3.05, 3.63) is 71.5 Å². The first-order valence-corrected chi connectivity index (χ1v) is 8.97. The van der Waals surface area contributed by atoms with Crippen molar-refractivity contribution in [2.75, 3.05) is 7.11 Å². The number of nitrogens with one attached hydrogen (secondary N) is 1. The van der Waals surface area contributed by atoms with E-state index in [0.717, 1.165) is 17.7 Å². The van der Waals surface area contributed by atoms with E-state index in [2.05, 4.69) is 10.3 Å². The number of hydrogen-bond acceptors (Lipinski definition) is 4. The van der Waals surface area contributed by atoms with Crippen molar-refractivity contribution >= 4 is 5.91 Å². The summed E-state index contributed by atoms with van der Waals surface area (Å²) in [7, 11) is 1.56. The number of methoxy groups -OCH3 is 1. The summed E-state index contributed by atoms with van der Waals surface area (Å²) in [5.41, 5.74) is -0.537. The van der Waals surface area contributed by atoms with Crippen LogP contribution in [0.5, 0.6) is 5.75 Å². The van der Waals surface area contributed by atoms with Crippen molar-refractivity contribution < 1.29 is 31.5 Å². The van der Waals surface area contributed by atoms with Gasteiger partial charge in [-0.3, -0.25) is 4.79 Å². The minimum absolute atomic E-state index is 0.0227. The minimum atomic E-state index is -4.71. The first-order chi connectivity index (χ1) is 14.3. The molecule has 1 aromatic heterocycles. The lowest BCUT2D eigenvalue weighted by molar-refractivity contribution is -0.138. The summed E-state index contributed by atoms with van der Waals surface area (Å²) in [5.74, 6) is 0.0820. The Balaban J connectivity index is 1.55. The number of carbonyl (C=O) groups is 1. The van der Waals surface area contributed by atoms with Crippen LogP contribution in [0.15, 0.2) is 53.1 Å². The monoisotopic (exact) mass is 422 g/mol. The Morgan fingerprint density at radius 1 is 1.17 bits per heavy atom. The van der Waals surface area contributed by atoms with E-state index in [-0.39, 0.29) is 24.9 Å². The molecule has 3 rings (SSSR count). The lowest BCUT2D eigenvalue weighted by Crippen LogP contribution is -2.24. The molecule has 1 heterocycles. The van der Waals surface area contributed by atoms with Crippen LogP contribution in [0.25, 0.3) is 11.3 Å². The average molecular weight is 422 g/mol. The maximum absolute atomic E-state index is 13.1. The molecule has 9 heteroatoms. The number of alkyl halides is 3. The van der Waals surface area contributed by atoms with Crippen LogP contribution in [0.2, 0.25) is 0 Å². The summed E-state index contributed by atoms with van der Waals surface area (Å²) in [5, 5.41) is 2.41. The SMILES string of the molecule is COc1ccc(-c2cnc(CCC(=O)NCc3ccc(F)cc3C(F)(F)F)o2)cc1.